The van der Waals surface area contributed by atoms with Crippen molar-refractivity contribution in [2.24, 2.45) is 0 Å². The summed E-state index contributed by atoms with van der Waals surface area (Å²) in [5.41, 5.74) is 0.920. The fourth-order valence-corrected chi connectivity index (χ4v) is 1.87. The summed E-state index contributed by atoms with van der Waals surface area (Å²) in [6.07, 6.45) is 0.524. The highest BCUT2D eigenvalue weighted by Gasteiger charge is 2.21. The van der Waals surface area contributed by atoms with Crippen LogP contribution in [0.15, 0.2) is 24.3 Å². The van der Waals surface area contributed by atoms with Crippen LogP contribution < -0.4 is 10.1 Å². The highest BCUT2D eigenvalue weighted by molar-refractivity contribution is 5.75. The molecular formula is C15H23NO4. The zero-order chi connectivity index (χ0) is 15.0. The van der Waals surface area contributed by atoms with Gasteiger partial charge in [-0.1, -0.05) is 32.0 Å². The number of para-hydroxylation sites is 1. The number of ether oxygens (including phenoxy) is 2. The molecule has 0 fully saturated rings. The number of hydrogen-bond donors (Lipinski definition) is 2. The molecule has 0 heterocycles. The second kappa shape index (κ2) is 8.55. The molecule has 1 aromatic carbocycles. The number of aliphatic hydroxyl groups excluding tert-OH is 1. The van der Waals surface area contributed by atoms with Crippen LogP contribution >= 0.6 is 0 Å². The van der Waals surface area contributed by atoms with E-state index in [9.17, 15) is 4.79 Å². The van der Waals surface area contributed by atoms with Gasteiger partial charge in [-0.2, -0.15) is 0 Å². The van der Waals surface area contributed by atoms with E-state index in [-0.39, 0.29) is 25.2 Å². The molecule has 0 aliphatic carbocycles. The van der Waals surface area contributed by atoms with Gasteiger partial charge in [-0.3, -0.25) is 10.1 Å². The number of rotatable bonds is 8. The van der Waals surface area contributed by atoms with Crippen LogP contribution in [0.25, 0.3) is 0 Å². The topological polar surface area (TPSA) is 67.8 Å². The molecule has 2 N–H and O–H groups in total. The van der Waals surface area contributed by atoms with Crippen LogP contribution in [0.1, 0.15) is 19.4 Å². The molecule has 0 amide bonds. The van der Waals surface area contributed by atoms with Crippen molar-refractivity contribution >= 4 is 5.97 Å². The molecule has 1 aromatic rings. The van der Waals surface area contributed by atoms with Gasteiger partial charge in [0.1, 0.15) is 18.4 Å². The number of nitrogens with one attached hydrogen (secondary N) is 1. The lowest BCUT2D eigenvalue weighted by Gasteiger charge is -2.20. The Morgan fingerprint density at radius 1 is 1.35 bits per heavy atom. The van der Waals surface area contributed by atoms with Crippen LogP contribution in [0.5, 0.6) is 5.75 Å². The van der Waals surface area contributed by atoms with Crippen molar-refractivity contribution in [1.82, 2.24) is 5.32 Å². The van der Waals surface area contributed by atoms with Gasteiger partial charge in [0, 0.05) is 12.6 Å². The first-order valence-electron chi connectivity index (χ1n) is 6.74. The Bertz CT molecular complexity index is 420. The van der Waals surface area contributed by atoms with Crippen molar-refractivity contribution < 1.29 is 19.4 Å². The Kier molecular flexibility index (Phi) is 7.04. The third-order valence-corrected chi connectivity index (χ3v) is 2.78. The molecule has 5 nitrogen and oxygen atoms in total. The normalized spacial score (nSPS) is 12.2. The monoisotopic (exact) mass is 281 g/mol. The van der Waals surface area contributed by atoms with Gasteiger partial charge in [-0.05, 0) is 18.1 Å². The third kappa shape index (κ3) is 5.19. The van der Waals surface area contributed by atoms with E-state index in [0.717, 1.165) is 5.56 Å². The molecule has 0 saturated heterocycles. The molecule has 0 radical (unpaired) electrons. The standard InChI is InChI=1S/C15H23NO4/c1-11(2)16-13(15(18)19-3)10-20-14-7-5-4-6-12(14)8-9-17/h4-7,11,13,16-17H,8-10H2,1-3H3. The summed E-state index contributed by atoms with van der Waals surface area (Å²) < 4.78 is 10.5. The summed E-state index contributed by atoms with van der Waals surface area (Å²) in [7, 11) is 1.36. The van der Waals surface area contributed by atoms with Crippen molar-refractivity contribution in [2.45, 2.75) is 32.4 Å². The molecule has 1 atom stereocenters. The van der Waals surface area contributed by atoms with Crippen molar-refractivity contribution in [2.75, 3.05) is 20.3 Å². The van der Waals surface area contributed by atoms with Crippen molar-refractivity contribution in [1.29, 1.82) is 0 Å². The SMILES string of the molecule is COC(=O)C(COc1ccccc1CCO)NC(C)C. The van der Waals surface area contributed by atoms with Crippen LogP contribution in [0.2, 0.25) is 0 Å². The number of carbonyl (C=O) groups is 1. The average Bonchev–Trinajstić information content (AvgIpc) is 2.44. The predicted molar refractivity (Wildman–Crippen MR) is 76.8 cm³/mol. The maximum Gasteiger partial charge on any atom is 0.326 e. The van der Waals surface area contributed by atoms with Crippen LogP contribution in [0.4, 0.5) is 0 Å². The van der Waals surface area contributed by atoms with Crippen LogP contribution in [0.3, 0.4) is 0 Å². The maximum atomic E-state index is 11.7. The summed E-state index contributed by atoms with van der Waals surface area (Å²) in [6.45, 7) is 4.16. The van der Waals surface area contributed by atoms with Gasteiger partial charge in [0.15, 0.2) is 0 Å². The highest BCUT2D eigenvalue weighted by Crippen LogP contribution is 2.18. The van der Waals surface area contributed by atoms with Gasteiger partial charge < -0.3 is 14.6 Å². The zero-order valence-electron chi connectivity index (χ0n) is 12.3. The van der Waals surface area contributed by atoms with Crippen LogP contribution in [-0.4, -0.2) is 43.5 Å². The van der Waals surface area contributed by atoms with E-state index in [1.165, 1.54) is 7.11 Å². The Morgan fingerprint density at radius 3 is 2.65 bits per heavy atom. The molecule has 0 aromatic heterocycles. The first-order valence-corrected chi connectivity index (χ1v) is 6.74. The molecule has 5 heteroatoms. The number of aliphatic hydroxyl groups is 1. The van der Waals surface area contributed by atoms with Gasteiger partial charge in [0.2, 0.25) is 0 Å². The van der Waals surface area contributed by atoms with E-state index >= 15 is 0 Å². The van der Waals surface area contributed by atoms with Crippen molar-refractivity contribution in [3.05, 3.63) is 29.8 Å². The summed E-state index contributed by atoms with van der Waals surface area (Å²) in [5.74, 6) is 0.333. The summed E-state index contributed by atoms with van der Waals surface area (Å²) in [4.78, 5) is 11.7. The summed E-state index contributed by atoms with van der Waals surface area (Å²) in [5, 5.41) is 12.1. The smallest absolute Gasteiger partial charge is 0.326 e. The largest absolute Gasteiger partial charge is 0.491 e. The molecule has 0 aliphatic rings. The molecule has 1 rings (SSSR count). The Morgan fingerprint density at radius 2 is 2.05 bits per heavy atom. The van der Waals surface area contributed by atoms with E-state index < -0.39 is 6.04 Å². The fourth-order valence-electron chi connectivity index (χ4n) is 1.87. The van der Waals surface area contributed by atoms with Gasteiger partial charge >= 0.3 is 5.97 Å². The summed E-state index contributed by atoms with van der Waals surface area (Å²) in [6, 6.07) is 7.11. The Balaban J connectivity index is 2.69. The number of esters is 1. The van der Waals surface area contributed by atoms with Crippen molar-refractivity contribution in [3.63, 3.8) is 0 Å². The van der Waals surface area contributed by atoms with E-state index in [4.69, 9.17) is 14.6 Å². The molecule has 0 spiro atoms. The quantitative estimate of drug-likeness (QED) is 0.699. The molecule has 0 bridgehead atoms. The minimum absolute atomic E-state index is 0.0606. The fraction of sp³-hybridized carbons (Fsp3) is 0.533. The minimum atomic E-state index is -0.512. The van der Waals surface area contributed by atoms with Gasteiger partial charge in [-0.25, -0.2) is 0 Å². The number of carbonyl (C=O) groups excluding carboxylic acids is 1. The first-order chi connectivity index (χ1) is 9.58. The van der Waals surface area contributed by atoms with Gasteiger partial charge in [0.05, 0.1) is 7.11 Å². The average molecular weight is 281 g/mol. The second-order valence-electron chi connectivity index (χ2n) is 4.79. The Labute approximate surface area is 119 Å². The van der Waals surface area contributed by atoms with E-state index in [1.54, 1.807) is 0 Å². The minimum Gasteiger partial charge on any atom is -0.491 e. The van der Waals surface area contributed by atoms with Gasteiger partial charge in [0.25, 0.3) is 0 Å². The molecule has 0 aliphatic heterocycles. The van der Waals surface area contributed by atoms with Crippen molar-refractivity contribution in [3.8, 4) is 5.75 Å². The third-order valence-electron chi connectivity index (χ3n) is 2.78. The first kappa shape index (κ1) is 16.5. The van der Waals surface area contributed by atoms with E-state index in [2.05, 4.69) is 5.32 Å². The lowest BCUT2D eigenvalue weighted by molar-refractivity contribution is -0.144. The molecule has 1 unspecified atom stereocenters. The Hall–Kier alpha value is -1.59. The van der Waals surface area contributed by atoms with Crippen LogP contribution in [0, 0.1) is 0 Å². The number of methoxy groups -OCH3 is 1. The molecule has 20 heavy (non-hydrogen) atoms. The maximum absolute atomic E-state index is 11.7. The van der Waals surface area contributed by atoms with E-state index in [0.29, 0.717) is 12.2 Å². The van der Waals surface area contributed by atoms with Gasteiger partial charge in [-0.15, -0.1) is 0 Å². The molecule has 0 saturated carbocycles. The number of benzene rings is 1. The molecular weight excluding hydrogens is 258 g/mol. The van der Waals surface area contributed by atoms with Crippen LogP contribution in [-0.2, 0) is 16.0 Å². The highest BCUT2D eigenvalue weighted by atomic mass is 16.5. The lowest BCUT2D eigenvalue weighted by Crippen LogP contribution is -2.45. The molecule has 112 valence electrons. The predicted octanol–water partition coefficient (Wildman–Crippen LogP) is 1.14. The zero-order valence-corrected chi connectivity index (χ0v) is 12.3. The van der Waals surface area contributed by atoms with E-state index in [1.807, 2.05) is 38.1 Å². The summed E-state index contributed by atoms with van der Waals surface area (Å²) >= 11 is 0. The lowest BCUT2D eigenvalue weighted by atomic mass is 10.1. The second-order valence-corrected chi connectivity index (χ2v) is 4.79. The number of hydrogen-bond acceptors (Lipinski definition) is 5.